The lowest BCUT2D eigenvalue weighted by Gasteiger charge is -2.08. The van der Waals surface area contributed by atoms with Gasteiger partial charge < -0.3 is 11.1 Å². The number of hydrogen-bond donors (Lipinski definition) is 2. The van der Waals surface area contributed by atoms with E-state index in [1.807, 2.05) is 18.2 Å². The van der Waals surface area contributed by atoms with Gasteiger partial charge in [0.1, 0.15) is 0 Å². The molecule has 0 aliphatic rings. The van der Waals surface area contributed by atoms with Crippen molar-refractivity contribution in [2.75, 3.05) is 11.1 Å². The number of hydrogen-bond acceptors (Lipinski definition) is 6. The van der Waals surface area contributed by atoms with Gasteiger partial charge in [-0.15, -0.1) is 9.19 Å². The lowest BCUT2D eigenvalue weighted by Crippen LogP contribution is -2.17. The van der Waals surface area contributed by atoms with E-state index in [0.717, 1.165) is 5.39 Å². The van der Waals surface area contributed by atoms with Crippen molar-refractivity contribution in [1.29, 1.82) is 0 Å². The molecule has 1 aromatic heterocycles. The van der Waals surface area contributed by atoms with Crippen molar-refractivity contribution >= 4 is 61.6 Å². The zero-order valence-corrected chi connectivity index (χ0v) is 16.5. The summed E-state index contributed by atoms with van der Waals surface area (Å²) in [6, 6.07) is 17.0. The van der Waals surface area contributed by atoms with Crippen molar-refractivity contribution in [3.05, 3.63) is 70.7 Å². The zero-order valence-electron chi connectivity index (χ0n) is 14.2. The van der Waals surface area contributed by atoms with E-state index in [0.29, 0.717) is 25.2 Å². The maximum atomic E-state index is 13.1. The Bertz CT molecular complexity index is 1300. The highest BCUT2D eigenvalue weighted by atomic mass is 35.5. The van der Waals surface area contributed by atoms with Gasteiger partial charge in [-0.2, -0.15) is 13.4 Å². The monoisotopic (exact) mass is 433 g/mol. The van der Waals surface area contributed by atoms with Gasteiger partial charge in [0.15, 0.2) is 0 Å². The number of halogens is 2. The summed E-state index contributed by atoms with van der Waals surface area (Å²) in [6.07, 6.45) is 0. The fraction of sp³-hybridized carbons (Fsp3) is 0. The average molecular weight is 434 g/mol. The molecule has 3 aromatic carbocycles. The van der Waals surface area contributed by atoms with Gasteiger partial charge in [0.25, 0.3) is 10.0 Å². The van der Waals surface area contributed by atoms with Gasteiger partial charge >= 0.3 is 0 Å². The highest BCUT2D eigenvalue weighted by Gasteiger charge is 2.24. The van der Waals surface area contributed by atoms with Crippen LogP contribution in [0.15, 0.2) is 65.6 Å². The van der Waals surface area contributed by atoms with Gasteiger partial charge in [0.05, 0.1) is 14.9 Å². The molecule has 10 heteroatoms. The fourth-order valence-corrected chi connectivity index (χ4v) is 4.43. The van der Waals surface area contributed by atoms with Crippen LogP contribution >= 0.6 is 23.2 Å². The minimum absolute atomic E-state index is 0.0136. The quantitative estimate of drug-likeness (QED) is 0.497. The Kier molecular flexibility index (Phi) is 4.62. The van der Waals surface area contributed by atoms with Crippen LogP contribution in [0, 0.1) is 0 Å². The topological polar surface area (TPSA) is 103 Å². The average Bonchev–Trinajstić information content (AvgIpc) is 3.05. The predicted molar refractivity (Wildman–Crippen MR) is 111 cm³/mol. The summed E-state index contributed by atoms with van der Waals surface area (Å²) in [4.78, 5) is 4.08. The molecule has 142 valence electrons. The summed E-state index contributed by atoms with van der Waals surface area (Å²) in [5.41, 5.74) is 6.38. The molecule has 0 bridgehead atoms. The van der Waals surface area contributed by atoms with Crippen LogP contribution in [-0.4, -0.2) is 22.6 Å². The van der Waals surface area contributed by atoms with E-state index in [-0.39, 0.29) is 16.8 Å². The van der Waals surface area contributed by atoms with Crippen LogP contribution in [0.2, 0.25) is 10.0 Å². The lowest BCUT2D eigenvalue weighted by atomic mass is 10.1. The summed E-state index contributed by atoms with van der Waals surface area (Å²) < 4.78 is 27.0. The second-order valence-electron chi connectivity index (χ2n) is 5.87. The second-order valence-corrected chi connectivity index (χ2v) is 8.42. The standard InChI is InChI=1S/C18H13Cl2N5O2S/c19-14-9-8-12(10-15(14)20)22-18-23-17(21)25(24-18)28(26,27)16-7-3-5-11-4-1-2-6-13(11)16/h1-10H,(H3,21,22,23,24). The third kappa shape index (κ3) is 3.26. The first-order valence-electron chi connectivity index (χ1n) is 8.04. The number of nitrogens with one attached hydrogen (secondary N) is 1. The molecule has 0 spiro atoms. The highest BCUT2D eigenvalue weighted by molar-refractivity contribution is 7.90. The molecule has 3 N–H and O–H groups in total. The highest BCUT2D eigenvalue weighted by Crippen LogP contribution is 2.28. The zero-order chi connectivity index (χ0) is 19.9. The Hall–Kier alpha value is -2.81. The van der Waals surface area contributed by atoms with Crippen LogP contribution in [0.5, 0.6) is 0 Å². The van der Waals surface area contributed by atoms with Gasteiger partial charge in [-0.25, -0.2) is 0 Å². The smallest absolute Gasteiger partial charge is 0.286 e. The van der Waals surface area contributed by atoms with Crippen LogP contribution in [0.25, 0.3) is 10.8 Å². The summed E-state index contributed by atoms with van der Waals surface area (Å²) in [5, 5.41) is 8.97. The normalized spacial score (nSPS) is 11.6. The van der Waals surface area contributed by atoms with Crippen molar-refractivity contribution < 1.29 is 8.42 Å². The van der Waals surface area contributed by atoms with Crippen LogP contribution in [0.4, 0.5) is 17.6 Å². The number of aromatic nitrogens is 3. The molecule has 4 aromatic rings. The van der Waals surface area contributed by atoms with E-state index < -0.39 is 10.0 Å². The number of nitrogen functional groups attached to an aromatic ring is 1. The largest absolute Gasteiger partial charge is 0.367 e. The maximum absolute atomic E-state index is 13.1. The number of nitrogens with two attached hydrogens (primary N) is 1. The molecule has 28 heavy (non-hydrogen) atoms. The first-order valence-corrected chi connectivity index (χ1v) is 10.2. The number of fused-ring (bicyclic) bond motifs is 1. The number of benzene rings is 3. The lowest BCUT2D eigenvalue weighted by molar-refractivity contribution is 0.582. The van der Waals surface area contributed by atoms with Crippen LogP contribution in [0.1, 0.15) is 0 Å². The molecule has 4 rings (SSSR count). The van der Waals surface area contributed by atoms with Gasteiger partial charge in [-0.3, -0.25) is 0 Å². The molecule has 0 saturated carbocycles. The Labute approximate surface area is 170 Å². The minimum Gasteiger partial charge on any atom is -0.367 e. The Morgan fingerprint density at radius 2 is 1.71 bits per heavy atom. The summed E-state index contributed by atoms with van der Waals surface area (Å²) in [5.74, 6) is -0.254. The molecule has 0 saturated heterocycles. The fourth-order valence-electron chi connectivity index (χ4n) is 2.76. The first kappa shape index (κ1) is 18.5. The third-order valence-electron chi connectivity index (χ3n) is 4.03. The molecular weight excluding hydrogens is 421 g/mol. The number of nitrogens with zero attached hydrogens (tertiary/aromatic N) is 3. The molecule has 0 aliphatic heterocycles. The van der Waals surface area contributed by atoms with Crippen LogP contribution in [-0.2, 0) is 10.0 Å². The Morgan fingerprint density at radius 1 is 0.964 bits per heavy atom. The third-order valence-corrected chi connectivity index (χ3v) is 6.41. The van der Waals surface area contributed by atoms with Crippen molar-refractivity contribution in [2.24, 2.45) is 0 Å². The van der Waals surface area contributed by atoms with Crippen LogP contribution in [0.3, 0.4) is 0 Å². The first-order chi connectivity index (χ1) is 13.4. The summed E-state index contributed by atoms with van der Waals surface area (Å²) in [6.45, 7) is 0. The van der Waals surface area contributed by atoms with Gasteiger partial charge in [0.2, 0.25) is 11.9 Å². The molecule has 0 fully saturated rings. The van der Waals surface area contributed by atoms with Gasteiger partial charge in [-0.1, -0.05) is 59.6 Å². The van der Waals surface area contributed by atoms with E-state index in [9.17, 15) is 8.42 Å². The Morgan fingerprint density at radius 3 is 2.50 bits per heavy atom. The van der Waals surface area contributed by atoms with Crippen molar-refractivity contribution in [3.8, 4) is 0 Å². The number of rotatable bonds is 4. The van der Waals surface area contributed by atoms with E-state index in [2.05, 4.69) is 15.4 Å². The molecule has 0 atom stereocenters. The van der Waals surface area contributed by atoms with Crippen molar-refractivity contribution in [2.45, 2.75) is 4.90 Å². The predicted octanol–water partition coefficient (Wildman–Crippen LogP) is 4.30. The molecule has 0 radical (unpaired) electrons. The summed E-state index contributed by atoms with van der Waals surface area (Å²) >= 11 is 11.9. The molecule has 0 amide bonds. The van der Waals surface area contributed by atoms with E-state index in [1.54, 1.807) is 36.4 Å². The van der Waals surface area contributed by atoms with Gasteiger partial charge in [0, 0.05) is 11.1 Å². The van der Waals surface area contributed by atoms with Crippen LogP contribution < -0.4 is 11.1 Å². The summed E-state index contributed by atoms with van der Waals surface area (Å²) in [7, 11) is -4.05. The SMILES string of the molecule is Nc1nc(Nc2ccc(Cl)c(Cl)c2)nn1S(=O)(=O)c1cccc2ccccc12. The van der Waals surface area contributed by atoms with E-state index in [4.69, 9.17) is 28.9 Å². The van der Waals surface area contributed by atoms with E-state index >= 15 is 0 Å². The second kappa shape index (κ2) is 6.97. The van der Waals surface area contributed by atoms with Crippen molar-refractivity contribution in [3.63, 3.8) is 0 Å². The molecule has 0 unspecified atom stereocenters. The maximum Gasteiger partial charge on any atom is 0.286 e. The van der Waals surface area contributed by atoms with Crippen molar-refractivity contribution in [1.82, 2.24) is 14.2 Å². The van der Waals surface area contributed by atoms with E-state index in [1.165, 1.54) is 6.07 Å². The molecule has 0 aliphatic carbocycles. The minimum atomic E-state index is -4.05. The van der Waals surface area contributed by atoms with Gasteiger partial charge in [-0.05, 0) is 29.7 Å². The molecule has 7 nitrogen and oxygen atoms in total. The molecule has 1 heterocycles. The molecular formula is C18H13Cl2N5O2S. The number of anilines is 3. The Balaban J connectivity index is 1.75.